The number of para-hydroxylation sites is 2. The Bertz CT molecular complexity index is 1050. The van der Waals surface area contributed by atoms with Crippen LogP contribution >= 0.6 is 0 Å². The van der Waals surface area contributed by atoms with E-state index in [1.807, 2.05) is 84.9 Å². The standard InChI is InChI=1S/C23H19NO3/c1-25-21-9-5-6-10-22(21)27-23-14-11-18-15-19(12-13-20(18)24-23)26-16-17-7-3-2-4-8-17/h2-15H,16H2,1H3. The molecular weight excluding hydrogens is 338 g/mol. The first kappa shape index (κ1) is 16.9. The molecule has 0 N–H and O–H groups in total. The SMILES string of the molecule is COc1ccccc1Oc1ccc2cc(OCc3ccccc3)ccc2n1. The number of methoxy groups -OCH3 is 1. The molecule has 4 aromatic rings. The second kappa shape index (κ2) is 7.79. The van der Waals surface area contributed by atoms with Crippen LogP contribution in [0.5, 0.6) is 23.1 Å². The van der Waals surface area contributed by atoms with Crippen molar-refractivity contribution in [2.24, 2.45) is 0 Å². The van der Waals surface area contributed by atoms with Gasteiger partial charge in [-0.25, -0.2) is 4.98 Å². The van der Waals surface area contributed by atoms with Gasteiger partial charge in [0.05, 0.1) is 12.6 Å². The van der Waals surface area contributed by atoms with E-state index in [-0.39, 0.29) is 0 Å². The summed E-state index contributed by atoms with van der Waals surface area (Å²) in [6.45, 7) is 0.536. The summed E-state index contributed by atoms with van der Waals surface area (Å²) in [5.41, 5.74) is 1.98. The summed E-state index contributed by atoms with van der Waals surface area (Å²) in [5, 5.41) is 0.993. The van der Waals surface area contributed by atoms with Gasteiger partial charge in [-0.1, -0.05) is 42.5 Å². The number of hydrogen-bond donors (Lipinski definition) is 0. The Morgan fingerprint density at radius 2 is 1.56 bits per heavy atom. The Morgan fingerprint density at radius 3 is 2.37 bits per heavy atom. The van der Waals surface area contributed by atoms with Crippen LogP contribution in [-0.4, -0.2) is 12.1 Å². The highest BCUT2D eigenvalue weighted by atomic mass is 16.5. The van der Waals surface area contributed by atoms with E-state index < -0.39 is 0 Å². The molecule has 0 unspecified atom stereocenters. The Kier molecular flexibility index (Phi) is 4.88. The molecule has 0 saturated carbocycles. The van der Waals surface area contributed by atoms with Crippen molar-refractivity contribution < 1.29 is 14.2 Å². The Labute approximate surface area is 158 Å². The molecule has 134 valence electrons. The van der Waals surface area contributed by atoms with Crippen molar-refractivity contribution in [3.63, 3.8) is 0 Å². The molecule has 0 radical (unpaired) electrons. The molecule has 1 aromatic heterocycles. The van der Waals surface area contributed by atoms with Crippen LogP contribution in [0, 0.1) is 0 Å². The van der Waals surface area contributed by atoms with E-state index in [0.717, 1.165) is 22.2 Å². The number of fused-ring (bicyclic) bond motifs is 1. The molecule has 0 saturated heterocycles. The third kappa shape index (κ3) is 4.01. The van der Waals surface area contributed by atoms with Crippen molar-refractivity contribution in [3.05, 3.63) is 90.5 Å². The zero-order valence-electron chi connectivity index (χ0n) is 15.0. The van der Waals surface area contributed by atoms with E-state index in [2.05, 4.69) is 4.98 Å². The molecule has 0 aliphatic rings. The highest BCUT2D eigenvalue weighted by Gasteiger charge is 2.07. The third-order valence-corrected chi connectivity index (χ3v) is 4.17. The van der Waals surface area contributed by atoms with Crippen LogP contribution in [0.15, 0.2) is 84.9 Å². The van der Waals surface area contributed by atoms with E-state index in [0.29, 0.717) is 24.0 Å². The lowest BCUT2D eigenvalue weighted by molar-refractivity contribution is 0.306. The maximum atomic E-state index is 5.88. The van der Waals surface area contributed by atoms with Crippen LogP contribution in [0.4, 0.5) is 0 Å². The summed E-state index contributed by atoms with van der Waals surface area (Å²) >= 11 is 0. The van der Waals surface area contributed by atoms with Crippen LogP contribution in [0.25, 0.3) is 10.9 Å². The fourth-order valence-electron chi connectivity index (χ4n) is 2.79. The Hall–Kier alpha value is -3.53. The lowest BCUT2D eigenvalue weighted by atomic mass is 10.2. The van der Waals surface area contributed by atoms with Gasteiger partial charge < -0.3 is 14.2 Å². The molecule has 0 aliphatic heterocycles. The van der Waals surface area contributed by atoms with Crippen molar-refractivity contribution >= 4 is 10.9 Å². The number of ether oxygens (including phenoxy) is 3. The molecule has 4 heteroatoms. The second-order valence-corrected chi connectivity index (χ2v) is 6.03. The summed E-state index contributed by atoms with van der Waals surface area (Å²) in [4.78, 5) is 4.57. The summed E-state index contributed by atoms with van der Waals surface area (Å²) in [6.07, 6.45) is 0. The number of hydrogen-bond acceptors (Lipinski definition) is 4. The minimum Gasteiger partial charge on any atom is -0.493 e. The second-order valence-electron chi connectivity index (χ2n) is 6.03. The maximum Gasteiger partial charge on any atom is 0.219 e. The fourth-order valence-corrected chi connectivity index (χ4v) is 2.79. The van der Waals surface area contributed by atoms with Crippen LogP contribution in [-0.2, 0) is 6.61 Å². The molecule has 4 nitrogen and oxygen atoms in total. The average molecular weight is 357 g/mol. The van der Waals surface area contributed by atoms with Crippen molar-refractivity contribution in [3.8, 4) is 23.1 Å². The molecule has 27 heavy (non-hydrogen) atoms. The van der Waals surface area contributed by atoms with Gasteiger partial charge in [0.15, 0.2) is 11.5 Å². The normalized spacial score (nSPS) is 10.6. The quantitative estimate of drug-likeness (QED) is 0.449. The number of nitrogens with zero attached hydrogens (tertiary/aromatic N) is 1. The Balaban J connectivity index is 1.51. The van der Waals surface area contributed by atoms with Crippen molar-refractivity contribution in [1.82, 2.24) is 4.98 Å². The van der Waals surface area contributed by atoms with Gasteiger partial charge in [-0.2, -0.15) is 0 Å². The first-order valence-corrected chi connectivity index (χ1v) is 8.70. The van der Waals surface area contributed by atoms with Gasteiger partial charge in [0.1, 0.15) is 12.4 Å². The van der Waals surface area contributed by atoms with Gasteiger partial charge in [-0.3, -0.25) is 0 Å². The molecule has 0 bridgehead atoms. The predicted molar refractivity (Wildman–Crippen MR) is 106 cm³/mol. The molecule has 4 rings (SSSR count). The van der Waals surface area contributed by atoms with Crippen molar-refractivity contribution in [1.29, 1.82) is 0 Å². The first-order valence-electron chi connectivity index (χ1n) is 8.70. The monoisotopic (exact) mass is 357 g/mol. The zero-order valence-corrected chi connectivity index (χ0v) is 15.0. The topological polar surface area (TPSA) is 40.6 Å². The Morgan fingerprint density at radius 1 is 0.778 bits per heavy atom. The molecule has 1 heterocycles. The minimum absolute atomic E-state index is 0.518. The van der Waals surface area contributed by atoms with Gasteiger partial charge >= 0.3 is 0 Å². The predicted octanol–water partition coefficient (Wildman–Crippen LogP) is 5.61. The number of rotatable bonds is 6. The average Bonchev–Trinajstić information content (AvgIpc) is 2.73. The van der Waals surface area contributed by atoms with Crippen LogP contribution in [0.1, 0.15) is 5.56 Å². The van der Waals surface area contributed by atoms with Gasteiger partial charge in [0.2, 0.25) is 5.88 Å². The van der Waals surface area contributed by atoms with Gasteiger partial charge in [-0.15, -0.1) is 0 Å². The minimum atomic E-state index is 0.518. The highest BCUT2D eigenvalue weighted by Crippen LogP contribution is 2.31. The first-order chi connectivity index (χ1) is 13.3. The summed E-state index contributed by atoms with van der Waals surface area (Å²) in [6, 6.07) is 27.3. The third-order valence-electron chi connectivity index (χ3n) is 4.17. The molecule has 0 atom stereocenters. The fraction of sp³-hybridized carbons (Fsp3) is 0.0870. The van der Waals surface area contributed by atoms with Gasteiger partial charge in [0.25, 0.3) is 0 Å². The zero-order chi connectivity index (χ0) is 18.5. The van der Waals surface area contributed by atoms with Crippen LogP contribution < -0.4 is 14.2 Å². The summed E-state index contributed by atoms with van der Waals surface area (Å²) in [7, 11) is 1.62. The van der Waals surface area contributed by atoms with Gasteiger partial charge in [-0.05, 0) is 42.0 Å². The lowest BCUT2D eigenvalue weighted by Gasteiger charge is -2.10. The number of benzene rings is 3. The number of pyridine rings is 1. The van der Waals surface area contributed by atoms with E-state index in [9.17, 15) is 0 Å². The van der Waals surface area contributed by atoms with E-state index in [1.54, 1.807) is 7.11 Å². The largest absolute Gasteiger partial charge is 0.493 e. The lowest BCUT2D eigenvalue weighted by Crippen LogP contribution is -1.95. The molecule has 0 fully saturated rings. The number of aromatic nitrogens is 1. The maximum absolute atomic E-state index is 5.88. The van der Waals surface area contributed by atoms with E-state index >= 15 is 0 Å². The van der Waals surface area contributed by atoms with E-state index in [1.165, 1.54) is 0 Å². The van der Waals surface area contributed by atoms with Crippen molar-refractivity contribution in [2.75, 3.05) is 7.11 Å². The molecular formula is C23H19NO3. The van der Waals surface area contributed by atoms with E-state index in [4.69, 9.17) is 14.2 Å². The molecule has 0 spiro atoms. The molecule has 0 amide bonds. The summed E-state index contributed by atoms with van der Waals surface area (Å²) < 4.78 is 17.1. The summed E-state index contributed by atoms with van der Waals surface area (Å²) in [5.74, 6) is 2.63. The van der Waals surface area contributed by atoms with Gasteiger partial charge in [0, 0.05) is 11.5 Å². The van der Waals surface area contributed by atoms with Crippen LogP contribution in [0.2, 0.25) is 0 Å². The van der Waals surface area contributed by atoms with Crippen LogP contribution in [0.3, 0.4) is 0 Å². The molecule has 3 aromatic carbocycles. The highest BCUT2D eigenvalue weighted by molar-refractivity contribution is 5.80. The van der Waals surface area contributed by atoms with Crippen molar-refractivity contribution in [2.45, 2.75) is 6.61 Å². The molecule has 0 aliphatic carbocycles. The smallest absolute Gasteiger partial charge is 0.219 e.